The number of methoxy groups -OCH3 is 1. The summed E-state index contributed by atoms with van der Waals surface area (Å²) < 4.78 is 5.30. The summed E-state index contributed by atoms with van der Waals surface area (Å²) in [7, 11) is 1.44. The Balaban J connectivity index is 0.00000264. The van der Waals surface area contributed by atoms with Crippen molar-refractivity contribution in [3.05, 3.63) is 53.9 Å². The predicted molar refractivity (Wildman–Crippen MR) is 92.0 cm³/mol. The van der Waals surface area contributed by atoms with Gasteiger partial charge < -0.3 is 9.64 Å². The van der Waals surface area contributed by atoms with E-state index in [1.54, 1.807) is 42.7 Å². The first-order valence-corrected chi connectivity index (χ1v) is 7.06. The molecule has 0 N–H and O–H groups in total. The Kier molecular flexibility index (Phi) is 7.00. The van der Waals surface area contributed by atoms with Gasteiger partial charge in [0, 0.05) is 24.5 Å². The molecule has 0 aliphatic heterocycles. The second-order valence-electron chi connectivity index (χ2n) is 4.42. The summed E-state index contributed by atoms with van der Waals surface area (Å²) in [6, 6.07) is 8.20. The van der Waals surface area contributed by atoms with Crippen LogP contribution in [0.15, 0.2) is 42.7 Å². The predicted octanol–water partition coefficient (Wildman–Crippen LogP) is 3.56. The van der Waals surface area contributed by atoms with Crippen molar-refractivity contribution >= 4 is 40.8 Å². The summed E-state index contributed by atoms with van der Waals surface area (Å²) in [4.78, 5) is 29.6. The minimum absolute atomic E-state index is 0. The number of aromatic nitrogens is 1. The van der Waals surface area contributed by atoms with Crippen LogP contribution < -0.4 is 9.64 Å². The lowest BCUT2D eigenvalue weighted by Crippen LogP contribution is -2.31. The van der Waals surface area contributed by atoms with Crippen molar-refractivity contribution in [1.29, 1.82) is 0 Å². The Morgan fingerprint density at radius 1 is 1.22 bits per heavy atom. The van der Waals surface area contributed by atoms with Gasteiger partial charge in [0.25, 0.3) is 11.1 Å². The van der Waals surface area contributed by atoms with E-state index >= 15 is 0 Å². The molecule has 7 heteroatoms. The van der Waals surface area contributed by atoms with Gasteiger partial charge in [-0.3, -0.25) is 14.6 Å². The van der Waals surface area contributed by atoms with Crippen LogP contribution in [0.4, 0.5) is 5.69 Å². The summed E-state index contributed by atoms with van der Waals surface area (Å²) in [6.45, 7) is 2.26. The summed E-state index contributed by atoms with van der Waals surface area (Å²) >= 11 is 5.57. The molecule has 1 amide bonds. The fourth-order valence-corrected chi connectivity index (χ4v) is 2.33. The topological polar surface area (TPSA) is 59.5 Å². The number of benzene rings is 1. The van der Waals surface area contributed by atoms with Crippen LogP contribution in [0, 0.1) is 0 Å². The molecular formula is C16H16Cl2N2O3. The van der Waals surface area contributed by atoms with Crippen LogP contribution in [0.2, 0.25) is 0 Å². The molecule has 1 heterocycles. The number of carbonyl (C=O) groups excluding carboxylic acids is 2. The van der Waals surface area contributed by atoms with E-state index in [-0.39, 0.29) is 29.6 Å². The normalized spacial score (nSPS) is 9.70. The van der Waals surface area contributed by atoms with E-state index in [0.717, 1.165) is 0 Å². The zero-order valence-corrected chi connectivity index (χ0v) is 14.2. The van der Waals surface area contributed by atoms with Crippen molar-refractivity contribution in [1.82, 2.24) is 4.98 Å². The molecule has 2 rings (SSSR count). The number of pyridine rings is 1. The second kappa shape index (κ2) is 8.50. The highest BCUT2D eigenvalue weighted by Crippen LogP contribution is 2.33. The highest BCUT2D eigenvalue weighted by molar-refractivity contribution is 6.68. The molecule has 1 aromatic carbocycles. The van der Waals surface area contributed by atoms with E-state index in [1.807, 2.05) is 6.92 Å². The van der Waals surface area contributed by atoms with Crippen LogP contribution in [-0.2, 0) is 0 Å². The van der Waals surface area contributed by atoms with E-state index in [1.165, 1.54) is 12.0 Å². The van der Waals surface area contributed by atoms with Gasteiger partial charge in [-0.15, -0.1) is 12.4 Å². The van der Waals surface area contributed by atoms with Crippen molar-refractivity contribution in [2.24, 2.45) is 0 Å². The molecule has 0 fully saturated rings. The van der Waals surface area contributed by atoms with Crippen LogP contribution in [0.3, 0.4) is 0 Å². The molecule has 0 radical (unpaired) electrons. The molecule has 2 aromatic rings. The number of rotatable bonds is 5. The monoisotopic (exact) mass is 354 g/mol. The minimum Gasteiger partial charge on any atom is -0.494 e. The third kappa shape index (κ3) is 4.00. The number of halogens is 2. The summed E-state index contributed by atoms with van der Waals surface area (Å²) in [6.07, 6.45) is 3.11. The number of ether oxygens (including phenoxy) is 1. The zero-order valence-electron chi connectivity index (χ0n) is 12.7. The summed E-state index contributed by atoms with van der Waals surface area (Å²) in [5, 5.41) is -0.633. The van der Waals surface area contributed by atoms with E-state index in [2.05, 4.69) is 4.98 Å². The van der Waals surface area contributed by atoms with Crippen LogP contribution >= 0.6 is 24.0 Å². The zero-order chi connectivity index (χ0) is 16.1. The van der Waals surface area contributed by atoms with Crippen molar-refractivity contribution < 1.29 is 14.3 Å². The molecule has 0 bridgehead atoms. The molecule has 0 aliphatic carbocycles. The van der Waals surface area contributed by atoms with Gasteiger partial charge in [-0.1, -0.05) is 6.07 Å². The Morgan fingerprint density at radius 2 is 1.87 bits per heavy atom. The van der Waals surface area contributed by atoms with Gasteiger partial charge in [-0.2, -0.15) is 0 Å². The van der Waals surface area contributed by atoms with Crippen molar-refractivity contribution in [3.8, 4) is 5.75 Å². The van der Waals surface area contributed by atoms with Crippen molar-refractivity contribution in [3.63, 3.8) is 0 Å². The van der Waals surface area contributed by atoms with Crippen LogP contribution in [-0.4, -0.2) is 29.8 Å². The molecule has 1 aromatic heterocycles. The summed E-state index contributed by atoms with van der Waals surface area (Å²) in [5.74, 6) is 0.0779. The van der Waals surface area contributed by atoms with E-state index in [4.69, 9.17) is 16.3 Å². The smallest absolute Gasteiger partial charge is 0.258 e. The third-order valence-corrected chi connectivity index (χ3v) is 3.39. The van der Waals surface area contributed by atoms with Gasteiger partial charge in [-0.25, -0.2) is 0 Å². The number of anilines is 1. The lowest BCUT2D eigenvalue weighted by molar-refractivity contribution is 0.0986. The third-order valence-electron chi connectivity index (χ3n) is 3.19. The van der Waals surface area contributed by atoms with Crippen LogP contribution in [0.5, 0.6) is 5.75 Å². The molecule has 23 heavy (non-hydrogen) atoms. The Morgan fingerprint density at radius 3 is 2.39 bits per heavy atom. The van der Waals surface area contributed by atoms with Crippen molar-refractivity contribution in [2.75, 3.05) is 18.6 Å². The quantitative estimate of drug-likeness (QED) is 0.770. The molecular weight excluding hydrogens is 339 g/mol. The maximum atomic E-state index is 12.7. The number of amides is 1. The number of hydrogen-bond donors (Lipinski definition) is 0. The maximum Gasteiger partial charge on any atom is 0.258 e. The second-order valence-corrected chi connectivity index (χ2v) is 4.76. The highest BCUT2D eigenvalue weighted by atomic mass is 35.5. The SMILES string of the molecule is CCN(C(=O)c1ccncc1)c1cccc(C(=O)Cl)c1OC.Cl. The van der Waals surface area contributed by atoms with Gasteiger partial charge in [0.1, 0.15) is 0 Å². The molecule has 0 spiro atoms. The van der Waals surface area contributed by atoms with Crippen LogP contribution in [0.25, 0.3) is 0 Å². The van der Waals surface area contributed by atoms with Gasteiger partial charge >= 0.3 is 0 Å². The first kappa shape index (κ1) is 18.9. The summed E-state index contributed by atoms with van der Waals surface area (Å²) in [5.41, 5.74) is 1.22. The first-order chi connectivity index (χ1) is 10.6. The van der Waals surface area contributed by atoms with E-state index < -0.39 is 5.24 Å². The Labute approximate surface area is 145 Å². The number of hydrogen-bond acceptors (Lipinski definition) is 4. The molecule has 0 saturated heterocycles. The Bertz CT molecular complexity index is 693. The fraction of sp³-hybridized carbons (Fsp3) is 0.188. The van der Waals surface area contributed by atoms with Gasteiger partial charge in [0.15, 0.2) is 5.75 Å². The Hall–Kier alpha value is -2.11. The largest absolute Gasteiger partial charge is 0.494 e. The fourth-order valence-electron chi connectivity index (χ4n) is 2.18. The lowest BCUT2D eigenvalue weighted by Gasteiger charge is -2.24. The average Bonchev–Trinajstić information content (AvgIpc) is 2.55. The molecule has 0 saturated carbocycles. The number of nitrogens with zero attached hydrogens (tertiary/aromatic N) is 2. The number of para-hydroxylation sites is 1. The molecule has 0 aliphatic rings. The van der Waals surface area contributed by atoms with Crippen LogP contribution in [0.1, 0.15) is 27.6 Å². The molecule has 0 atom stereocenters. The molecule has 122 valence electrons. The van der Waals surface area contributed by atoms with Gasteiger partial charge in [0.2, 0.25) is 0 Å². The van der Waals surface area contributed by atoms with Crippen molar-refractivity contribution in [2.45, 2.75) is 6.92 Å². The number of carbonyl (C=O) groups is 2. The maximum absolute atomic E-state index is 12.7. The van der Waals surface area contributed by atoms with Gasteiger partial charge in [0.05, 0.1) is 18.4 Å². The first-order valence-electron chi connectivity index (χ1n) is 6.68. The molecule has 0 unspecified atom stereocenters. The van der Waals surface area contributed by atoms with E-state index in [9.17, 15) is 9.59 Å². The average molecular weight is 355 g/mol. The lowest BCUT2D eigenvalue weighted by atomic mass is 10.1. The highest BCUT2D eigenvalue weighted by Gasteiger charge is 2.22. The molecule has 5 nitrogen and oxygen atoms in total. The standard InChI is InChI=1S/C16H15ClN2O3.ClH/c1-3-19(16(21)11-7-9-18-10-8-11)13-6-4-5-12(15(17)20)14(13)22-2;/h4-10H,3H2,1-2H3;1H. The van der Waals surface area contributed by atoms with E-state index in [0.29, 0.717) is 17.8 Å². The minimum atomic E-state index is -0.633. The van der Waals surface area contributed by atoms with Gasteiger partial charge in [-0.05, 0) is 42.8 Å².